The second-order valence-corrected chi connectivity index (χ2v) is 6.54. The van der Waals surface area contributed by atoms with Crippen LogP contribution in [0.4, 0.5) is 5.69 Å². The van der Waals surface area contributed by atoms with E-state index in [4.69, 9.17) is 9.47 Å². The highest BCUT2D eigenvalue weighted by atomic mass is 32.2. The van der Waals surface area contributed by atoms with E-state index in [0.29, 0.717) is 12.2 Å². The van der Waals surface area contributed by atoms with Crippen LogP contribution in [0.25, 0.3) is 0 Å². The maximum Gasteiger partial charge on any atom is 0.255 e. The lowest BCUT2D eigenvalue weighted by Crippen LogP contribution is -2.16. The molecule has 1 atom stereocenters. The summed E-state index contributed by atoms with van der Waals surface area (Å²) < 4.78 is 11.2. The van der Waals surface area contributed by atoms with E-state index in [9.17, 15) is 4.79 Å². The molecule has 5 heteroatoms. The number of carbonyl (C=O) groups is 1. The van der Waals surface area contributed by atoms with Gasteiger partial charge >= 0.3 is 0 Å². The normalized spacial score (nSPS) is 16.8. The largest absolute Gasteiger partial charge is 0.491 e. The Hall–Kier alpha value is -1.98. The molecule has 0 aromatic heterocycles. The fourth-order valence-corrected chi connectivity index (χ4v) is 3.03. The zero-order valence-corrected chi connectivity index (χ0v) is 14.5. The first-order chi connectivity index (χ1) is 11.7. The molecule has 1 unspecified atom stereocenters. The van der Waals surface area contributed by atoms with Gasteiger partial charge in [0.05, 0.1) is 6.10 Å². The third-order valence-electron chi connectivity index (χ3n) is 3.90. The van der Waals surface area contributed by atoms with Crippen LogP contribution in [-0.2, 0) is 4.74 Å². The molecule has 0 bridgehead atoms. The number of amides is 1. The molecular weight excluding hydrogens is 322 g/mol. The number of anilines is 1. The summed E-state index contributed by atoms with van der Waals surface area (Å²) >= 11 is 1.65. The van der Waals surface area contributed by atoms with E-state index < -0.39 is 0 Å². The number of hydrogen-bond acceptors (Lipinski definition) is 4. The topological polar surface area (TPSA) is 47.6 Å². The van der Waals surface area contributed by atoms with Gasteiger partial charge in [0.1, 0.15) is 12.4 Å². The van der Waals surface area contributed by atoms with Crippen LogP contribution >= 0.6 is 11.8 Å². The number of ether oxygens (including phenoxy) is 2. The maximum atomic E-state index is 12.3. The monoisotopic (exact) mass is 343 g/mol. The highest BCUT2D eigenvalue weighted by Crippen LogP contribution is 2.20. The van der Waals surface area contributed by atoms with Crippen LogP contribution in [0.1, 0.15) is 23.2 Å². The van der Waals surface area contributed by atoms with E-state index in [2.05, 4.69) is 5.32 Å². The van der Waals surface area contributed by atoms with Crippen molar-refractivity contribution in [3.63, 3.8) is 0 Å². The Balaban J connectivity index is 1.56. The molecule has 24 heavy (non-hydrogen) atoms. The lowest BCUT2D eigenvalue weighted by molar-refractivity contribution is 0.0679. The van der Waals surface area contributed by atoms with Crippen LogP contribution < -0.4 is 10.1 Å². The van der Waals surface area contributed by atoms with Gasteiger partial charge in [-0.05, 0) is 61.6 Å². The van der Waals surface area contributed by atoms with Crippen molar-refractivity contribution in [2.45, 2.75) is 23.8 Å². The van der Waals surface area contributed by atoms with Gasteiger partial charge in [0, 0.05) is 22.8 Å². The average molecular weight is 343 g/mol. The fourth-order valence-electron chi connectivity index (χ4n) is 2.57. The molecule has 3 rings (SSSR count). The van der Waals surface area contributed by atoms with Crippen molar-refractivity contribution in [1.29, 1.82) is 0 Å². The van der Waals surface area contributed by atoms with Gasteiger partial charge in [-0.2, -0.15) is 0 Å². The molecule has 1 amide bonds. The van der Waals surface area contributed by atoms with E-state index in [1.54, 1.807) is 23.9 Å². The van der Waals surface area contributed by atoms with Crippen molar-refractivity contribution in [2.24, 2.45) is 0 Å². The van der Waals surface area contributed by atoms with Gasteiger partial charge in [-0.1, -0.05) is 6.07 Å². The summed E-state index contributed by atoms with van der Waals surface area (Å²) in [6.07, 6.45) is 4.35. The first-order valence-electron chi connectivity index (χ1n) is 8.04. The van der Waals surface area contributed by atoms with Crippen molar-refractivity contribution < 1.29 is 14.3 Å². The van der Waals surface area contributed by atoms with Crippen molar-refractivity contribution >= 4 is 23.4 Å². The van der Waals surface area contributed by atoms with E-state index in [-0.39, 0.29) is 12.0 Å². The van der Waals surface area contributed by atoms with Gasteiger partial charge in [-0.3, -0.25) is 4.79 Å². The second kappa shape index (κ2) is 8.22. The molecule has 1 fully saturated rings. The van der Waals surface area contributed by atoms with E-state index in [1.807, 2.05) is 42.7 Å². The lowest BCUT2D eigenvalue weighted by atomic mass is 10.2. The summed E-state index contributed by atoms with van der Waals surface area (Å²) in [5.41, 5.74) is 1.40. The zero-order chi connectivity index (χ0) is 16.8. The fraction of sp³-hybridized carbons (Fsp3) is 0.316. The van der Waals surface area contributed by atoms with Gasteiger partial charge in [0.2, 0.25) is 0 Å². The maximum absolute atomic E-state index is 12.3. The molecular formula is C19H21NO3S. The molecule has 1 saturated heterocycles. The van der Waals surface area contributed by atoms with E-state index >= 15 is 0 Å². The molecule has 0 radical (unpaired) electrons. The van der Waals surface area contributed by atoms with Crippen LogP contribution in [0.5, 0.6) is 5.75 Å². The van der Waals surface area contributed by atoms with Crippen LogP contribution in [0.15, 0.2) is 53.4 Å². The number of rotatable bonds is 6. The lowest BCUT2D eigenvalue weighted by Gasteiger charge is -2.12. The van der Waals surface area contributed by atoms with Crippen molar-refractivity contribution in [3.05, 3.63) is 54.1 Å². The number of nitrogens with one attached hydrogen (secondary N) is 1. The molecule has 0 saturated carbocycles. The van der Waals surface area contributed by atoms with Crippen LogP contribution in [-0.4, -0.2) is 31.5 Å². The second-order valence-electron chi connectivity index (χ2n) is 5.66. The molecule has 2 aromatic carbocycles. The van der Waals surface area contributed by atoms with Gasteiger partial charge in [0.15, 0.2) is 0 Å². The molecule has 0 spiro atoms. The molecule has 1 aliphatic heterocycles. The Morgan fingerprint density at radius 3 is 2.83 bits per heavy atom. The average Bonchev–Trinajstić information content (AvgIpc) is 3.14. The minimum atomic E-state index is -0.126. The first kappa shape index (κ1) is 16.9. The number of hydrogen-bond donors (Lipinski definition) is 1. The number of benzene rings is 2. The van der Waals surface area contributed by atoms with Gasteiger partial charge < -0.3 is 14.8 Å². The van der Waals surface area contributed by atoms with Gasteiger partial charge in [0.25, 0.3) is 5.91 Å². The summed E-state index contributed by atoms with van der Waals surface area (Å²) in [5.74, 6) is 0.630. The number of carbonyl (C=O) groups excluding carboxylic acids is 1. The molecule has 1 heterocycles. The first-order valence-corrected chi connectivity index (χ1v) is 9.27. The standard InChI is InChI=1S/C19H21NO3S/c1-24-18-6-2-4-15(12-18)20-19(21)14-7-9-16(10-8-14)23-13-17-5-3-11-22-17/h2,4,6-10,12,17H,3,5,11,13H2,1H3,(H,20,21). The summed E-state index contributed by atoms with van der Waals surface area (Å²) in [6, 6.07) is 15.0. The summed E-state index contributed by atoms with van der Waals surface area (Å²) in [7, 11) is 0. The number of thioether (sulfide) groups is 1. The summed E-state index contributed by atoms with van der Waals surface area (Å²) in [6.45, 7) is 1.39. The highest BCUT2D eigenvalue weighted by Gasteiger charge is 2.16. The molecule has 1 N–H and O–H groups in total. The van der Waals surface area contributed by atoms with E-state index in [1.165, 1.54) is 0 Å². The predicted octanol–water partition coefficient (Wildman–Crippen LogP) is 4.22. The van der Waals surface area contributed by atoms with Crippen LogP contribution in [0.3, 0.4) is 0 Å². The Labute approximate surface area is 146 Å². The minimum Gasteiger partial charge on any atom is -0.491 e. The van der Waals surface area contributed by atoms with Crippen molar-refractivity contribution in [3.8, 4) is 5.75 Å². The Kier molecular flexibility index (Phi) is 5.77. The molecule has 4 nitrogen and oxygen atoms in total. The van der Waals surface area contributed by atoms with Crippen molar-refractivity contribution in [1.82, 2.24) is 0 Å². The van der Waals surface area contributed by atoms with Gasteiger partial charge in [-0.25, -0.2) is 0 Å². The molecule has 0 aliphatic carbocycles. The Morgan fingerprint density at radius 1 is 1.29 bits per heavy atom. The summed E-state index contributed by atoms with van der Waals surface area (Å²) in [5, 5.41) is 2.92. The van der Waals surface area contributed by atoms with Gasteiger partial charge in [-0.15, -0.1) is 11.8 Å². The molecule has 2 aromatic rings. The third kappa shape index (κ3) is 4.52. The van der Waals surface area contributed by atoms with E-state index in [0.717, 1.165) is 35.8 Å². The third-order valence-corrected chi connectivity index (χ3v) is 4.63. The van der Waals surface area contributed by atoms with Crippen LogP contribution in [0.2, 0.25) is 0 Å². The predicted molar refractivity (Wildman–Crippen MR) is 97.1 cm³/mol. The molecule has 126 valence electrons. The zero-order valence-electron chi connectivity index (χ0n) is 13.7. The summed E-state index contributed by atoms with van der Waals surface area (Å²) in [4.78, 5) is 13.4. The Morgan fingerprint density at radius 2 is 2.12 bits per heavy atom. The van der Waals surface area contributed by atoms with Crippen LogP contribution in [0, 0.1) is 0 Å². The SMILES string of the molecule is CSc1cccc(NC(=O)c2ccc(OCC3CCCO3)cc2)c1. The quantitative estimate of drug-likeness (QED) is 0.798. The Bertz CT molecular complexity index is 681. The molecule has 1 aliphatic rings. The smallest absolute Gasteiger partial charge is 0.255 e. The highest BCUT2D eigenvalue weighted by molar-refractivity contribution is 7.98. The minimum absolute atomic E-state index is 0.126. The van der Waals surface area contributed by atoms with Crippen molar-refractivity contribution in [2.75, 3.05) is 24.8 Å².